The van der Waals surface area contributed by atoms with Gasteiger partial charge in [0.15, 0.2) is 0 Å². The van der Waals surface area contributed by atoms with Crippen molar-refractivity contribution in [1.82, 2.24) is 4.90 Å². The molecule has 1 amide bonds. The first-order valence-electron chi connectivity index (χ1n) is 4.89. The van der Waals surface area contributed by atoms with Crippen LogP contribution in [0.1, 0.15) is 25.7 Å². The van der Waals surface area contributed by atoms with E-state index in [4.69, 9.17) is 9.84 Å². The van der Waals surface area contributed by atoms with Crippen molar-refractivity contribution >= 4 is 6.09 Å². The van der Waals surface area contributed by atoms with Gasteiger partial charge in [-0.2, -0.15) is 0 Å². The molecule has 1 heterocycles. The summed E-state index contributed by atoms with van der Waals surface area (Å²) in [6.45, 7) is 0.509. The monoisotopic (exact) mass is 185 g/mol. The highest BCUT2D eigenvalue weighted by molar-refractivity contribution is 5.70. The Bertz CT molecular complexity index is 201. The van der Waals surface area contributed by atoms with Gasteiger partial charge in [-0.25, -0.2) is 4.79 Å². The molecule has 1 atom stereocenters. The molecule has 0 aromatic rings. The van der Waals surface area contributed by atoms with Crippen molar-refractivity contribution in [2.45, 2.75) is 37.8 Å². The average molecular weight is 185 g/mol. The highest BCUT2D eigenvalue weighted by Crippen LogP contribution is 2.26. The Morgan fingerprint density at radius 2 is 2.15 bits per heavy atom. The summed E-state index contributed by atoms with van der Waals surface area (Å²) in [5.74, 6) is 0. The predicted octanol–water partition coefficient (Wildman–Crippen LogP) is 0.742. The van der Waals surface area contributed by atoms with Gasteiger partial charge in [0.25, 0.3) is 0 Å². The number of aliphatic hydroxyl groups excluding tert-OH is 1. The molecule has 1 saturated heterocycles. The van der Waals surface area contributed by atoms with Gasteiger partial charge in [-0.3, -0.25) is 0 Å². The number of nitrogens with zero attached hydrogens (tertiary/aromatic N) is 1. The molecule has 0 aromatic heterocycles. The predicted molar refractivity (Wildman–Crippen MR) is 46.3 cm³/mol. The summed E-state index contributed by atoms with van der Waals surface area (Å²) in [4.78, 5) is 13.1. The molecule has 4 heteroatoms. The fraction of sp³-hybridized carbons (Fsp3) is 0.889. The van der Waals surface area contributed by atoms with E-state index in [1.54, 1.807) is 4.90 Å². The van der Waals surface area contributed by atoms with Gasteiger partial charge in [-0.15, -0.1) is 0 Å². The SMILES string of the molecule is O=C1O[C@H](CO)CN1C1CCCC1. The molecule has 1 N–H and O–H groups in total. The molecule has 1 aliphatic heterocycles. The van der Waals surface area contributed by atoms with E-state index in [9.17, 15) is 4.79 Å². The number of amides is 1. The number of hydrogen-bond donors (Lipinski definition) is 1. The van der Waals surface area contributed by atoms with E-state index < -0.39 is 0 Å². The van der Waals surface area contributed by atoms with Crippen LogP contribution in [0.4, 0.5) is 4.79 Å². The van der Waals surface area contributed by atoms with Crippen LogP contribution in [0.25, 0.3) is 0 Å². The summed E-state index contributed by atoms with van der Waals surface area (Å²) >= 11 is 0. The van der Waals surface area contributed by atoms with Crippen LogP contribution in [0.5, 0.6) is 0 Å². The Balaban J connectivity index is 1.95. The van der Waals surface area contributed by atoms with Crippen LogP contribution >= 0.6 is 0 Å². The molecule has 0 aromatic carbocycles. The Hall–Kier alpha value is -0.770. The van der Waals surface area contributed by atoms with Crippen LogP contribution in [-0.4, -0.2) is 41.4 Å². The van der Waals surface area contributed by atoms with Crippen molar-refractivity contribution in [3.05, 3.63) is 0 Å². The van der Waals surface area contributed by atoms with Crippen LogP contribution in [0.3, 0.4) is 0 Å². The number of ether oxygens (including phenoxy) is 1. The van der Waals surface area contributed by atoms with Crippen molar-refractivity contribution in [2.24, 2.45) is 0 Å². The number of hydrogen-bond acceptors (Lipinski definition) is 3. The molecule has 0 spiro atoms. The molecule has 0 bridgehead atoms. The minimum absolute atomic E-state index is 0.0606. The molecule has 2 fully saturated rings. The zero-order chi connectivity index (χ0) is 9.26. The van der Waals surface area contributed by atoms with E-state index >= 15 is 0 Å². The molecular weight excluding hydrogens is 170 g/mol. The Morgan fingerprint density at radius 3 is 2.69 bits per heavy atom. The lowest BCUT2D eigenvalue weighted by atomic mass is 10.2. The Morgan fingerprint density at radius 1 is 1.46 bits per heavy atom. The Labute approximate surface area is 77.5 Å². The molecular formula is C9H15NO3. The highest BCUT2D eigenvalue weighted by Gasteiger charge is 2.36. The first-order chi connectivity index (χ1) is 6.31. The molecule has 2 aliphatic rings. The van der Waals surface area contributed by atoms with E-state index in [-0.39, 0.29) is 18.8 Å². The van der Waals surface area contributed by atoms with E-state index in [1.165, 1.54) is 12.8 Å². The van der Waals surface area contributed by atoms with Crippen LogP contribution in [0, 0.1) is 0 Å². The standard InChI is InChI=1S/C9H15NO3/c11-6-8-5-10(9(12)13-8)7-3-1-2-4-7/h7-8,11H,1-6H2/t8-/m0/s1. The molecule has 0 unspecified atom stereocenters. The fourth-order valence-corrected chi connectivity index (χ4v) is 2.15. The normalized spacial score (nSPS) is 29.8. The second kappa shape index (κ2) is 3.54. The van der Waals surface area contributed by atoms with Crippen molar-refractivity contribution in [2.75, 3.05) is 13.2 Å². The van der Waals surface area contributed by atoms with Crippen molar-refractivity contribution in [1.29, 1.82) is 0 Å². The second-order valence-corrected chi connectivity index (χ2v) is 3.78. The number of cyclic esters (lactones) is 1. The third-order valence-corrected chi connectivity index (χ3v) is 2.87. The summed E-state index contributed by atoms with van der Waals surface area (Å²) in [5.41, 5.74) is 0. The third-order valence-electron chi connectivity index (χ3n) is 2.87. The fourth-order valence-electron chi connectivity index (χ4n) is 2.15. The third kappa shape index (κ3) is 1.63. The maximum Gasteiger partial charge on any atom is 0.410 e. The van der Waals surface area contributed by atoms with Crippen LogP contribution < -0.4 is 0 Å². The zero-order valence-electron chi connectivity index (χ0n) is 7.61. The number of aliphatic hydroxyl groups is 1. The minimum atomic E-state index is -0.298. The molecule has 74 valence electrons. The molecule has 13 heavy (non-hydrogen) atoms. The van der Waals surface area contributed by atoms with Crippen LogP contribution in [0.15, 0.2) is 0 Å². The maximum absolute atomic E-state index is 11.3. The summed E-state index contributed by atoms with van der Waals surface area (Å²) in [7, 11) is 0. The molecule has 0 radical (unpaired) electrons. The van der Waals surface area contributed by atoms with Gasteiger partial charge in [0.05, 0.1) is 13.2 Å². The smallest absolute Gasteiger partial charge is 0.410 e. The zero-order valence-corrected chi connectivity index (χ0v) is 7.61. The van der Waals surface area contributed by atoms with Gasteiger partial charge < -0.3 is 14.7 Å². The lowest BCUT2D eigenvalue weighted by molar-refractivity contribution is 0.0940. The topological polar surface area (TPSA) is 49.8 Å². The van der Waals surface area contributed by atoms with Gasteiger partial charge >= 0.3 is 6.09 Å². The lowest BCUT2D eigenvalue weighted by Gasteiger charge is -2.20. The van der Waals surface area contributed by atoms with Crippen molar-refractivity contribution in [3.63, 3.8) is 0 Å². The van der Waals surface area contributed by atoms with Crippen LogP contribution in [0.2, 0.25) is 0 Å². The molecule has 1 aliphatic carbocycles. The van der Waals surface area contributed by atoms with E-state index in [1.807, 2.05) is 0 Å². The molecule has 4 nitrogen and oxygen atoms in total. The van der Waals surface area contributed by atoms with Gasteiger partial charge in [0, 0.05) is 6.04 Å². The minimum Gasteiger partial charge on any atom is -0.442 e. The number of carbonyl (C=O) groups is 1. The van der Waals surface area contributed by atoms with Gasteiger partial charge in [-0.1, -0.05) is 12.8 Å². The maximum atomic E-state index is 11.3. The Kier molecular flexibility index (Phi) is 2.40. The largest absolute Gasteiger partial charge is 0.442 e. The quantitative estimate of drug-likeness (QED) is 0.690. The van der Waals surface area contributed by atoms with Gasteiger partial charge in [-0.05, 0) is 12.8 Å². The lowest BCUT2D eigenvalue weighted by Crippen LogP contribution is -2.34. The van der Waals surface area contributed by atoms with Crippen molar-refractivity contribution in [3.8, 4) is 0 Å². The van der Waals surface area contributed by atoms with Gasteiger partial charge in [0.2, 0.25) is 0 Å². The van der Waals surface area contributed by atoms with E-state index in [0.29, 0.717) is 12.6 Å². The van der Waals surface area contributed by atoms with Crippen LogP contribution in [-0.2, 0) is 4.74 Å². The summed E-state index contributed by atoms with van der Waals surface area (Å²) < 4.78 is 4.97. The number of carbonyl (C=O) groups excluding carboxylic acids is 1. The van der Waals surface area contributed by atoms with E-state index in [0.717, 1.165) is 12.8 Å². The first kappa shape index (κ1) is 8.81. The second-order valence-electron chi connectivity index (χ2n) is 3.78. The van der Waals surface area contributed by atoms with Gasteiger partial charge in [0.1, 0.15) is 6.10 Å². The molecule has 2 rings (SSSR count). The average Bonchev–Trinajstić information content (AvgIpc) is 2.72. The molecule has 1 saturated carbocycles. The first-order valence-corrected chi connectivity index (χ1v) is 4.89. The number of rotatable bonds is 2. The highest BCUT2D eigenvalue weighted by atomic mass is 16.6. The summed E-state index contributed by atoms with van der Waals surface area (Å²) in [6, 6.07) is 0.365. The summed E-state index contributed by atoms with van der Waals surface area (Å²) in [6.07, 6.45) is 4.05. The van der Waals surface area contributed by atoms with E-state index in [2.05, 4.69) is 0 Å². The summed E-state index contributed by atoms with van der Waals surface area (Å²) in [5, 5.41) is 8.84. The van der Waals surface area contributed by atoms with Crippen molar-refractivity contribution < 1.29 is 14.6 Å².